The Hall–Kier alpha value is -2.11. The van der Waals surface area contributed by atoms with Crippen LogP contribution in [0.3, 0.4) is 0 Å². The minimum atomic E-state index is -0.668. The number of halogens is 4. The van der Waals surface area contributed by atoms with Gasteiger partial charge in [0.15, 0.2) is 11.4 Å². The molecule has 28 heavy (non-hydrogen) atoms. The molecule has 148 valence electrons. The minimum Gasteiger partial charge on any atom is -0.464 e. The third-order valence-corrected chi connectivity index (χ3v) is 4.77. The normalized spacial score (nSPS) is 9.50. The number of methoxy groups -OCH3 is 2. The van der Waals surface area contributed by atoms with E-state index in [9.17, 15) is 9.59 Å². The summed E-state index contributed by atoms with van der Waals surface area (Å²) in [6.45, 7) is 0. The summed E-state index contributed by atoms with van der Waals surface area (Å²) in [7, 11) is 2.47. The Morgan fingerprint density at radius 1 is 1.07 bits per heavy atom. The lowest BCUT2D eigenvalue weighted by molar-refractivity contribution is 0.0584. The smallest absolute Gasteiger partial charge is 0.357 e. The predicted molar refractivity (Wildman–Crippen MR) is 110 cm³/mol. The van der Waals surface area contributed by atoms with E-state index in [0.717, 1.165) is 0 Å². The van der Waals surface area contributed by atoms with Crippen LogP contribution in [0.15, 0.2) is 26.2 Å². The van der Waals surface area contributed by atoms with Crippen LogP contribution in [0.5, 0.6) is 0 Å². The van der Waals surface area contributed by atoms with Crippen molar-refractivity contribution in [2.75, 3.05) is 20.0 Å². The number of carbonyl (C=O) groups excluding carboxylic acids is 2. The number of esters is 2. The molecular formula is C14H10Br2Cl2N6O4. The van der Waals surface area contributed by atoms with Crippen LogP contribution in [0.1, 0.15) is 21.0 Å². The third-order valence-electron chi connectivity index (χ3n) is 2.77. The number of nitrogens with zero attached hydrogens (tertiary/aromatic N) is 5. The standard InChI is InChI=1S/C7H4BrClN4O2.C7H6BrClN2O2/c1-15-7(14)6-5(8)3(12-13-10)2-4(9)11-6;1-13-7(12)6-5(8)3(10)2-4(9)11-6/h2H,1H3;2H,1H3,(H2,10,11). The molecule has 10 nitrogen and oxygen atoms in total. The number of hydrogen-bond acceptors (Lipinski definition) is 8. The average molecular weight is 557 g/mol. The van der Waals surface area contributed by atoms with Gasteiger partial charge in [0.25, 0.3) is 0 Å². The van der Waals surface area contributed by atoms with Gasteiger partial charge in [-0.25, -0.2) is 19.6 Å². The van der Waals surface area contributed by atoms with Crippen LogP contribution in [-0.2, 0) is 9.47 Å². The monoisotopic (exact) mass is 554 g/mol. The van der Waals surface area contributed by atoms with Gasteiger partial charge in [0.05, 0.1) is 34.5 Å². The van der Waals surface area contributed by atoms with Crippen molar-refractivity contribution in [2.45, 2.75) is 0 Å². The number of azide groups is 1. The van der Waals surface area contributed by atoms with Crippen LogP contribution in [0.25, 0.3) is 10.4 Å². The highest BCUT2D eigenvalue weighted by molar-refractivity contribution is 9.11. The lowest BCUT2D eigenvalue weighted by Crippen LogP contribution is -2.07. The molecule has 0 spiro atoms. The molecule has 0 amide bonds. The number of nitrogen functional groups attached to an aromatic ring is 1. The molecule has 0 saturated heterocycles. The first-order valence-corrected chi connectivity index (χ1v) is 9.19. The van der Waals surface area contributed by atoms with Gasteiger partial charge in [0.2, 0.25) is 0 Å². The topological polar surface area (TPSA) is 153 Å². The van der Waals surface area contributed by atoms with Crippen molar-refractivity contribution in [1.82, 2.24) is 9.97 Å². The summed E-state index contributed by atoms with van der Waals surface area (Å²) in [5.74, 6) is -1.25. The van der Waals surface area contributed by atoms with Gasteiger partial charge in [-0.3, -0.25) is 0 Å². The van der Waals surface area contributed by atoms with Crippen molar-refractivity contribution in [1.29, 1.82) is 0 Å². The highest BCUT2D eigenvalue weighted by atomic mass is 79.9. The maximum absolute atomic E-state index is 11.2. The molecule has 0 aliphatic heterocycles. The number of ether oxygens (including phenoxy) is 2. The fourth-order valence-electron chi connectivity index (χ4n) is 1.59. The van der Waals surface area contributed by atoms with Gasteiger partial charge in [0.1, 0.15) is 10.3 Å². The summed E-state index contributed by atoms with van der Waals surface area (Å²) in [4.78, 5) is 32.5. The van der Waals surface area contributed by atoms with E-state index in [4.69, 9.17) is 34.5 Å². The molecule has 2 aromatic rings. The van der Waals surface area contributed by atoms with E-state index in [0.29, 0.717) is 10.2 Å². The van der Waals surface area contributed by atoms with Gasteiger partial charge >= 0.3 is 11.9 Å². The third kappa shape index (κ3) is 6.21. The quantitative estimate of drug-likeness (QED) is 0.181. The van der Waals surface area contributed by atoms with Crippen LogP contribution >= 0.6 is 55.1 Å². The molecule has 14 heteroatoms. The summed E-state index contributed by atoms with van der Waals surface area (Å²) in [5, 5.41) is 3.54. The first-order valence-electron chi connectivity index (χ1n) is 6.85. The van der Waals surface area contributed by atoms with Crippen molar-refractivity contribution < 1.29 is 19.1 Å². The van der Waals surface area contributed by atoms with Crippen molar-refractivity contribution in [3.8, 4) is 0 Å². The average Bonchev–Trinajstić information content (AvgIpc) is 2.66. The van der Waals surface area contributed by atoms with E-state index in [1.54, 1.807) is 0 Å². The molecule has 0 unspecified atom stereocenters. The number of anilines is 1. The summed E-state index contributed by atoms with van der Waals surface area (Å²) in [6, 6.07) is 2.77. The summed E-state index contributed by atoms with van der Waals surface area (Å²) >= 11 is 17.4. The van der Waals surface area contributed by atoms with Crippen LogP contribution < -0.4 is 5.73 Å². The van der Waals surface area contributed by atoms with E-state index in [-0.39, 0.29) is 31.9 Å². The highest BCUT2D eigenvalue weighted by Crippen LogP contribution is 2.31. The molecular weight excluding hydrogens is 547 g/mol. The molecule has 0 aliphatic carbocycles. The molecule has 0 bridgehead atoms. The first kappa shape index (κ1) is 23.9. The van der Waals surface area contributed by atoms with E-state index >= 15 is 0 Å². The second-order valence-corrected chi connectivity index (χ2v) is 6.86. The largest absolute Gasteiger partial charge is 0.464 e. The second-order valence-electron chi connectivity index (χ2n) is 4.50. The lowest BCUT2D eigenvalue weighted by atomic mass is 10.3. The molecule has 0 aromatic carbocycles. The molecule has 2 N–H and O–H groups in total. The van der Waals surface area contributed by atoms with Gasteiger partial charge in [-0.1, -0.05) is 28.3 Å². The molecule has 2 heterocycles. The zero-order valence-electron chi connectivity index (χ0n) is 14.1. The summed E-state index contributed by atoms with van der Waals surface area (Å²) < 4.78 is 9.60. The molecule has 0 radical (unpaired) electrons. The van der Waals surface area contributed by atoms with Gasteiger partial charge in [-0.05, 0) is 49.5 Å². The molecule has 0 atom stereocenters. The fourth-order valence-corrected chi connectivity index (χ4v) is 2.79. The molecule has 2 rings (SSSR count). The molecule has 0 saturated carbocycles. The Morgan fingerprint density at radius 2 is 1.54 bits per heavy atom. The van der Waals surface area contributed by atoms with E-state index in [1.165, 1.54) is 26.4 Å². The number of aromatic nitrogens is 2. The molecule has 0 fully saturated rings. The van der Waals surface area contributed by atoms with Gasteiger partial charge in [-0.15, -0.1) is 0 Å². The van der Waals surface area contributed by atoms with Crippen molar-refractivity contribution in [2.24, 2.45) is 5.11 Å². The Morgan fingerprint density at radius 3 is 2.00 bits per heavy atom. The van der Waals surface area contributed by atoms with E-state index in [2.05, 4.69) is 61.3 Å². The Labute approximate surface area is 185 Å². The minimum absolute atomic E-state index is 0.0348. The van der Waals surface area contributed by atoms with Crippen LogP contribution in [-0.4, -0.2) is 36.1 Å². The van der Waals surface area contributed by atoms with Crippen LogP contribution in [0.2, 0.25) is 10.3 Å². The Kier molecular flexibility index (Phi) is 9.42. The number of nitrogens with two attached hydrogens (primary N) is 1. The number of rotatable bonds is 3. The zero-order chi connectivity index (χ0) is 21.4. The van der Waals surface area contributed by atoms with Crippen molar-refractivity contribution in [3.63, 3.8) is 0 Å². The van der Waals surface area contributed by atoms with Crippen LogP contribution in [0, 0.1) is 0 Å². The Balaban J connectivity index is 0.000000283. The lowest BCUT2D eigenvalue weighted by Gasteiger charge is -2.04. The van der Waals surface area contributed by atoms with Gasteiger partial charge in [-0.2, -0.15) is 0 Å². The fraction of sp³-hybridized carbons (Fsp3) is 0.143. The van der Waals surface area contributed by atoms with Crippen LogP contribution in [0.4, 0.5) is 11.4 Å². The number of carbonyl (C=O) groups is 2. The van der Waals surface area contributed by atoms with Gasteiger partial charge in [0, 0.05) is 4.91 Å². The first-order chi connectivity index (χ1) is 13.2. The number of hydrogen-bond donors (Lipinski definition) is 1. The van der Waals surface area contributed by atoms with E-state index < -0.39 is 11.9 Å². The molecule has 2 aromatic heterocycles. The van der Waals surface area contributed by atoms with Crippen molar-refractivity contribution >= 4 is 78.4 Å². The second kappa shape index (κ2) is 11.0. The molecule has 0 aliphatic rings. The Bertz CT molecular complexity index is 969. The van der Waals surface area contributed by atoms with Gasteiger partial charge < -0.3 is 15.2 Å². The maximum atomic E-state index is 11.2. The summed E-state index contributed by atoms with van der Waals surface area (Å²) in [5.41, 5.74) is 14.4. The number of pyridine rings is 2. The maximum Gasteiger partial charge on any atom is 0.357 e. The zero-order valence-corrected chi connectivity index (χ0v) is 18.8. The predicted octanol–water partition coefficient (Wildman–Crippen LogP) is 5.09. The SMILES string of the molecule is COC(=O)c1nc(Cl)cc(N)c1Br.COC(=O)c1nc(Cl)cc(N=[N+]=[N-])c1Br. The van der Waals surface area contributed by atoms with Crippen molar-refractivity contribution in [3.05, 3.63) is 53.2 Å². The van der Waals surface area contributed by atoms with E-state index in [1.807, 2.05) is 0 Å². The summed E-state index contributed by atoms with van der Waals surface area (Å²) in [6.07, 6.45) is 0. The highest BCUT2D eigenvalue weighted by Gasteiger charge is 2.16.